The molecular formula is C43H84O5. The van der Waals surface area contributed by atoms with Crippen molar-refractivity contribution in [3.8, 4) is 0 Å². The molecule has 0 spiro atoms. The van der Waals surface area contributed by atoms with Gasteiger partial charge in [0.05, 0.1) is 0 Å². The molecule has 0 amide bonds. The number of carbonyl (C=O) groups is 2. The van der Waals surface area contributed by atoms with Crippen LogP contribution in [-0.2, 0) is 9.59 Å². The third-order valence-corrected chi connectivity index (χ3v) is 10.4. The van der Waals surface area contributed by atoms with Crippen molar-refractivity contribution < 1.29 is 24.9 Å². The summed E-state index contributed by atoms with van der Waals surface area (Å²) in [4.78, 5) is 24.7. The molecule has 0 aromatic heterocycles. The van der Waals surface area contributed by atoms with Gasteiger partial charge in [0, 0.05) is 12.8 Å². The molecule has 0 fully saturated rings. The predicted octanol–water partition coefficient (Wildman–Crippen LogP) is 12.3. The number of ketones is 2. The summed E-state index contributed by atoms with van der Waals surface area (Å²) in [5.41, 5.74) is 0. The molecule has 0 radical (unpaired) electrons. The largest absolute Gasteiger partial charge is 0.387 e. The summed E-state index contributed by atoms with van der Waals surface area (Å²) >= 11 is 0. The molecule has 3 unspecified atom stereocenters. The van der Waals surface area contributed by atoms with Crippen LogP contribution in [0.5, 0.6) is 0 Å². The molecule has 0 aliphatic carbocycles. The number of rotatable bonds is 40. The highest BCUT2D eigenvalue weighted by molar-refractivity contribution is 5.87. The highest BCUT2D eigenvalue weighted by Gasteiger charge is 2.33. The van der Waals surface area contributed by atoms with Crippen LogP contribution in [0.3, 0.4) is 0 Å². The fraction of sp³-hybridized carbons (Fsp3) is 0.953. The number of Topliss-reactive ketones (excluding diaryl/α,β-unsaturated/α-hetero) is 2. The summed E-state index contributed by atoms with van der Waals surface area (Å²) in [6.07, 6.45) is 38.3. The zero-order valence-electron chi connectivity index (χ0n) is 32.3. The smallest absolute Gasteiger partial charge is 0.164 e. The Balaban J connectivity index is 3.60. The lowest BCUT2D eigenvalue weighted by Gasteiger charge is -2.21. The second-order valence-corrected chi connectivity index (χ2v) is 15.1. The van der Waals surface area contributed by atoms with E-state index in [1.165, 1.54) is 180 Å². The number of hydrogen-bond donors (Lipinski definition) is 3. The standard InChI is InChI=1S/C43H84O5/c1-3-5-7-9-11-13-15-17-19-20-21-22-24-26-28-30-32-34-36-38-40(45)42(47)43(48)41(46)39(44)37-35-33-31-29-27-25-23-18-16-14-12-10-8-6-4-2/h41-43,46-48H,3-38H2,1-2H3. The van der Waals surface area contributed by atoms with Crippen LogP contribution in [0.2, 0.25) is 0 Å². The molecule has 0 heterocycles. The van der Waals surface area contributed by atoms with Crippen molar-refractivity contribution in [2.45, 2.75) is 263 Å². The van der Waals surface area contributed by atoms with E-state index >= 15 is 0 Å². The molecule has 3 N–H and O–H groups in total. The van der Waals surface area contributed by atoms with Crippen LogP contribution in [-0.4, -0.2) is 45.2 Å². The zero-order valence-corrected chi connectivity index (χ0v) is 32.3. The van der Waals surface area contributed by atoms with E-state index in [0.29, 0.717) is 12.8 Å². The number of aliphatic hydroxyl groups is 3. The molecule has 0 saturated heterocycles. The zero-order chi connectivity index (χ0) is 35.3. The number of hydrogen-bond acceptors (Lipinski definition) is 5. The van der Waals surface area contributed by atoms with Crippen molar-refractivity contribution in [3.05, 3.63) is 0 Å². The minimum absolute atomic E-state index is 0.177. The van der Waals surface area contributed by atoms with Crippen LogP contribution in [0, 0.1) is 0 Å². The fourth-order valence-electron chi connectivity index (χ4n) is 6.90. The minimum atomic E-state index is -1.73. The van der Waals surface area contributed by atoms with Gasteiger partial charge in [-0.15, -0.1) is 0 Å². The van der Waals surface area contributed by atoms with Crippen LogP contribution < -0.4 is 0 Å². The quantitative estimate of drug-likeness (QED) is 0.0560. The Morgan fingerprint density at radius 2 is 0.479 bits per heavy atom. The normalized spacial score (nSPS) is 13.5. The second-order valence-electron chi connectivity index (χ2n) is 15.1. The Morgan fingerprint density at radius 3 is 0.667 bits per heavy atom. The fourth-order valence-corrected chi connectivity index (χ4v) is 6.90. The van der Waals surface area contributed by atoms with Gasteiger partial charge < -0.3 is 15.3 Å². The van der Waals surface area contributed by atoms with E-state index in [2.05, 4.69) is 13.8 Å². The van der Waals surface area contributed by atoms with Crippen molar-refractivity contribution in [1.29, 1.82) is 0 Å². The van der Waals surface area contributed by atoms with Crippen LogP contribution >= 0.6 is 0 Å². The van der Waals surface area contributed by atoms with Crippen LogP contribution in [0.25, 0.3) is 0 Å². The molecule has 0 saturated carbocycles. The number of aliphatic hydroxyl groups excluding tert-OH is 3. The lowest BCUT2D eigenvalue weighted by molar-refractivity contribution is -0.146. The lowest BCUT2D eigenvalue weighted by atomic mass is 9.95. The first-order valence-electron chi connectivity index (χ1n) is 21.5. The Labute approximate surface area is 299 Å². The highest BCUT2D eigenvalue weighted by Crippen LogP contribution is 2.17. The van der Waals surface area contributed by atoms with Gasteiger partial charge in [-0.05, 0) is 12.8 Å². The van der Waals surface area contributed by atoms with E-state index in [1.807, 2.05) is 0 Å². The van der Waals surface area contributed by atoms with E-state index in [9.17, 15) is 24.9 Å². The number of unbranched alkanes of at least 4 members (excludes halogenated alkanes) is 32. The van der Waals surface area contributed by atoms with Crippen molar-refractivity contribution in [1.82, 2.24) is 0 Å². The highest BCUT2D eigenvalue weighted by atomic mass is 16.4. The van der Waals surface area contributed by atoms with Crippen LogP contribution in [0.4, 0.5) is 0 Å². The van der Waals surface area contributed by atoms with Crippen molar-refractivity contribution in [2.75, 3.05) is 0 Å². The monoisotopic (exact) mass is 681 g/mol. The number of carbonyl (C=O) groups excluding carboxylic acids is 2. The first-order chi connectivity index (χ1) is 23.5. The van der Waals surface area contributed by atoms with Gasteiger partial charge in [0.1, 0.15) is 18.3 Å². The second kappa shape index (κ2) is 37.5. The van der Waals surface area contributed by atoms with Crippen molar-refractivity contribution >= 4 is 11.6 Å². The molecule has 0 rings (SSSR count). The van der Waals surface area contributed by atoms with E-state index in [0.717, 1.165) is 25.7 Å². The van der Waals surface area contributed by atoms with Gasteiger partial charge in [0.25, 0.3) is 0 Å². The topological polar surface area (TPSA) is 94.8 Å². The van der Waals surface area contributed by atoms with Crippen LogP contribution in [0.15, 0.2) is 0 Å². The Bertz CT molecular complexity index is 680. The molecule has 0 aliphatic heterocycles. The molecule has 48 heavy (non-hydrogen) atoms. The SMILES string of the molecule is CCCCCCCCCCCCCCCCCCCCCC(=O)C(O)C(O)C(O)C(=O)CCCCCCCCCCCCCCCCC. The minimum Gasteiger partial charge on any atom is -0.387 e. The predicted molar refractivity (Wildman–Crippen MR) is 206 cm³/mol. The van der Waals surface area contributed by atoms with E-state index in [-0.39, 0.29) is 12.8 Å². The average Bonchev–Trinajstić information content (AvgIpc) is 3.09. The van der Waals surface area contributed by atoms with Gasteiger partial charge in [-0.25, -0.2) is 0 Å². The van der Waals surface area contributed by atoms with Crippen molar-refractivity contribution in [2.24, 2.45) is 0 Å². The van der Waals surface area contributed by atoms with Gasteiger partial charge in [-0.3, -0.25) is 9.59 Å². The maximum Gasteiger partial charge on any atom is 0.164 e. The molecule has 286 valence electrons. The molecule has 0 aromatic rings. The maximum absolute atomic E-state index is 12.4. The lowest BCUT2D eigenvalue weighted by Crippen LogP contribution is -2.45. The summed E-state index contributed by atoms with van der Waals surface area (Å²) in [7, 11) is 0. The van der Waals surface area contributed by atoms with Gasteiger partial charge in [-0.1, -0.05) is 219 Å². The average molecular weight is 681 g/mol. The van der Waals surface area contributed by atoms with Gasteiger partial charge in [0.15, 0.2) is 11.6 Å². The van der Waals surface area contributed by atoms with Crippen LogP contribution in [0.1, 0.15) is 245 Å². The molecule has 0 bridgehead atoms. The molecule has 5 nitrogen and oxygen atoms in total. The summed E-state index contributed by atoms with van der Waals surface area (Å²) in [6.45, 7) is 4.54. The van der Waals surface area contributed by atoms with Gasteiger partial charge in [-0.2, -0.15) is 0 Å². The molecule has 3 atom stereocenters. The summed E-state index contributed by atoms with van der Waals surface area (Å²) < 4.78 is 0. The molecule has 5 heteroatoms. The molecular weight excluding hydrogens is 596 g/mol. The first-order valence-corrected chi connectivity index (χ1v) is 21.5. The summed E-state index contributed by atoms with van der Waals surface area (Å²) in [5.74, 6) is -0.958. The maximum atomic E-state index is 12.4. The van der Waals surface area contributed by atoms with Gasteiger partial charge >= 0.3 is 0 Å². The van der Waals surface area contributed by atoms with Crippen molar-refractivity contribution in [3.63, 3.8) is 0 Å². The Kier molecular flexibility index (Phi) is 36.9. The summed E-state index contributed by atoms with van der Waals surface area (Å²) in [6, 6.07) is 0. The van der Waals surface area contributed by atoms with E-state index in [1.54, 1.807) is 0 Å². The van der Waals surface area contributed by atoms with Gasteiger partial charge in [0.2, 0.25) is 0 Å². The molecule has 0 aromatic carbocycles. The van der Waals surface area contributed by atoms with E-state index < -0.39 is 29.9 Å². The van der Waals surface area contributed by atoms with E-state index in [4.69, 9.17) is 0 Å². The Morgan fingerprint density at radius 1 is 0.312 bits per heavy atom. The molecule has 0 aliphatic rings. The third kappa shape index (κ3) is 31.2. The first kappa shape index (κ1) is 47.2. The third-order valence-electron chi connectivity index (χ3n) is 10.4. The summed E-state index contributed by atoms with van der Waals surface area (Å²) in [5, 5.41) is 30.8. The Hall–Kier alpha value is -0.780.